The van der Waals surface area contributed by atoms with Crippen LogP contribution in [0.25, 0.3) is 0 Å². The van der Waals surface area contributed by atoms with Crippen LogP contribution in [0.1, 0.15) is 140 Å². The maximum Gasteiger partial charge on any atom is 0.647 e. The molecule has 0 saturated carbocycles. The summed E-state index contributed by atoms with van der Waals surface area (Å²) in [5, 5.41) is 0. The van der Waals surface area contributed by atoms with E-state index in [1.54, 1.807) is 0 Å². The molecule has 0 amide bonds. The fourth-order valence-electron chi connectivity index (χ4n) is 7.63. The minimum absolute atomic E-state index is 0.0293. The topological polar surface area (TPSA) is 44.8 Å². The maximum absolute atomic E-state index is 14.5. The summed E-state index contributed by atoms with van der Waals surface area (Å²) in [5.74, 6) is 1.28. The predicted molar refractivity (Wildman–Crippen MR) is 200 cm³/mol. The molecule has 0 aliphatic heterocycles. The SMILES string of the molecule is CC(C)(C)CC(C)(C)c1ccc(OP(=O)(Oc2ccc(C(C)(C)CC(C)(C)C)cc2)Oc2ccc(C(C)(C)CC(C)(C)C)cc2)cc1. The van der Waals surface area contributed by atoms with Crippen LogP contribution in [0, 0.1) is 16.2 Å². The molecule has 0 N–H and O–H groups in total. The second kappa shape index (κ2) is 13.7. The van der Waals surface area contributed by atoms with Crippen LogP contribution in [0.4, 0.5) is 0 Å². The molecule has 3 aromatic rings. The molecule has 0 unspecified atom stereocenters. The van der Waals surface area contributed by atoms with Crippen LogP contribution in [0.3, 0.4) is 0 Å². The van der Waals surface area contributed by atoms with Crippen molar-refractivity contribution in [1.82, 2.24) is 0 Å². The van der Waals surface area contributed by atoms with Crippen molar-refractivity contribution < 1.29 is 18.1 Å². The molecule has 4 nitrogen and oxygen atoms in total. The molecule has 0 saturated heterocycles. The lowest BCUT2D eigenvalue weighted by Crippen LogP contribution is -2.24. The lowest BCUT2D eigenvalue weighted by atomic mass is 9.72. The molecule has 47 heavy (non-hydrogen) atoms. The third kappa shape index (κ3) is 12.0. The summed E-state index contributed by atoms with van der Waals surface area (Å²) in [7, 11) is -4.15. The fourth-order valence-corrected chi connectivity index (χ4v) is 8.88. The van der Waals surface area contributed by atoms with E-state index in [4.69, 9.17) is 13.6 Å². The van der Waals surface area contributed by atoms with Gasteiger partial charge in [0, 0.05) is 0 Å². The van der Waals surface area contributed by atoms with E-state index >= 15 is 0 Å². The summed E-state index contributed by atoms with van der Waals surface area (Å²) in [4.78, 5) is 0. The molecule has 0 atom stereocenters. The average Bonchev–Trinajstić information content (AvgIpc) is 2.85. The fraction of sp³-hybridized carbons (Fsp3) is 0.571. The second-order valence-electron chi connectivity index (χ2n) is 19.2. The van der Waals surface area contributed by atoms with Crippen LogP contribution < -0.4 is 13.6 Å². The van der Waals surface area contributed by atoms with Crippen LogP contribution in [0.15, 0.2) is 72.8 Å². The van der Waals surface area contributed by atoms with Crippen LogP contribution in [-0.2, 0) is 20.8 Å². The van der Waals surface area contributed by atoms with Crippen molar-refractivity contribution in [2.45, 2.75) is 139 Å². The van der Waals surface area contributed by atoms with E-state index in [0.29, 0.717) is 17.2 Å². The van der Waals surface area contributed by atoms with Crippen molar-refractivity contribution in [2.75, 3.05) is 0 Å². The summed E-state index contributed by atoms with van der Waals surface area (Å²) in [6.45, 7) is 33.8. The molecule has 0 bridgehead atoms. The Morgan fingerprint density at radius 1 is 0.383 bits per heavy atom. The molecule has 3 aromatic carbocycles. The Morgan fingerprint density at radius 3 is 0.745 bits per heavy atom. The van der Waals surface area contributed by atoms with E-state index in [0.717, 1.165) is 19.3 Å². The van der Waals surface area contributed by atoms with Gasteiger partial charge in [0.15, 0.2) is 0 Å². The van der Waals surface area contributed by atoms with Gasteiger partial charge in [-0.2, -0.15) is 4.57 Å². The van der Waals surface area contributed by atoms with Gasteiger partial charge in [-0.05, 0) is 105 Å². The number of rotatable bonds is 12. The molecule has 0 heterocycles. The number of hydrogen-bond donors (Lipinski definition) is 0. The van der Waals surface area contributed by atoms with Crippen LogP contribution in [0.5, 0.6) is 17.2 Å². The van der Waals surface area contributed by atoms with E-state index in [2.05, 4.69) is 104 Å². The summed E-state index contributed by atoms with van der Waals surface area (Å²) in [6, 6.07) is 23.4. The standard InChI is InChI=1S/C42H63O4P/c1-37(2,3)28-40(10,11)31-16-22-34(23-17-31)44-47(43,45-35-24-18-32(19-25-35)41(12,13)29-38(4,5)6)46-36-26-20-33(21-27-36)42(14,15)30-39(7,8)9/h16-27H,28-30H2,1-15H3. The maximum atomic E-state index is 14.5. The van der Waals surface area contributed by atoms with Crippen LogP contribution >= 0.6 is 7.82 Å². The van der Waals surface area contributed by atoms with Crippen molar-refractivity contribution >= 4 is 7.82 Å². The largest absolute Gasteiger partial charge is 0.647 e. The van der Waals surface area contributed by atoms with Crippen molar-refractivity contribution in [3.05, 3.63) is 89.5 Å². The highest BCUT2D eigenvalue weighted by molar-refractivity contribution is 7.49. The Balaban J connectivity index is 1.92. The van der Waals surface area contributed by atoms with Crippen molar-refractivity contribution in [1.29, 1.82) is 0 Å². The first-order valence-corrected chi connectivity index (χ1v) is 18.6. The van der Waals surface area contributed by atoms with E-state index in [1.165, 1.54) is 16.7 Å². The highest BCUT2D eigenvalue weighted by atomic mass is 31.2. The Hall–Kier alpha value is -2.71. The van der Waals surface area contributed by atoms with Gasteiger partial charge < -0.3 is 13.6 Å². The summed E-state index contributed by atoms with van der Waals surface area (Å²) >= 11 is 0. The van der Waals surface area contributed by atoms with Gasteiger partial charge in [0.25, 0.3) is 0 Å². The van der Waals surface area contributed by atoms with Gasteiger partial charge in [0.05, 0.1) is 0 Å². The van der Waals surface area contributed by atoms with Gasteiger partial charge in [-0.15, -0.1) is 0 Å². The molecule has 0 aliphatic rings. The second-order valence-corrected chi connectivity index (χ2v) is 20.6. The molecular formula is C42H63O4P. The van der Waals surface area contributed by atoms with E-state index in [9.17, 15) is 4.57 Å². The van der Waals surface area contributed by atoms with Crippen molar-refractivity contribution in [2.24, 2.45) is 16.2 Å². The third-order valence-corrected chi connectivity index (χ3v) is 9.78. The van der Waals surface area contributed by atoms with E-state index in [-0.39, 0.29) is 32.5 Å². The van der Waals surface area contributed by atoms with Gasteiger partial charge in [-0.1, -0.05) is 140 Å². The lowest BCUT2D eigenvalue weighted by Gasteiger charge is -2.33. The smallest absolute Gasteiger partial charge is 0.386 e. The van der Waals surface area contributed by atoms with Gasteiger partial charge in [-0.25, -0.2) is 0 Å². The first-order valence-electron chi connectivity index (χ1n) is 17.2. The molecule has 260 valence electrons. The highest BCUT2D eigenvalue weighted by Crippen LogP contribution is 2.51. The van der Waals surface area contributed by atoms with Crippen LogP contribution in [-0.4, -0.2) is 0 Å². The Morgan fingerprint density at radius 2 is 0.574 bits per heavy atom. The lowest BCUT2D eigenvalue weighted by molar-refractivity contribution is 0.283. The quantitative estimate of drug-likeness (QED) is 0.181. The minimum atomic E-state index is -4.15. The Labute approximate surface area is 287 Å². The zero-order chi connectivity index (χ0) is 35.7. The molecular weight excluding hydrogens is 599 g/mol. The molecule has 0 radical (unpaired) electrons. The number of hydrogen-bond acceptors (Lipinski definition) is 4. The Kier molecular flexibility index (Phi) is 11.3. The molecule has 0 fully saturated rings. The van der Waals surface area contributed by atoms with Crippen LogP contribution in [0.2, 0.25) is 0 Å². The highest BCUT2D eigenvalue weighted by Gasteiger charge is 2.35. The first-order chi connectivity index (χ1) is 21.2. The van der Waals surface area contributed by atoms with Crippen molar-refractivity contribution in [3.63, 3.8) is 0 Å². The first kappa shape index (κ1) is 38.7. The molecule has 0 aromatic heterocycles. The number of benzene rings is 3. The number of phosphoric acid groups is 1. The number of phosphoric ester groups is 1. The van der Waals surface area contributed by atoms with Gasteiger partial charge >= 0.3 is 7.82 Å². The molecule has 0 aliphatic carbocycles. The van der Waals surface area contributed by atoms with Crippen molar-refractivity contribution in [3.8, 4) is 17.2 Å². The molecule has 5 heteroatoms. The monoisotopic (exact) mass is 662 g/mol. The minimum Gasteiger partial charge on any atom is -0.386 e. The summed E-state index contributed by atoms with van der Waals surface area (Å²) in [6.07, 6.45) is 3.07. The Bertz CT molecular complexity index is 1310. The van der Waals surface area contributed by atoms with E-state index < -0.39 is 7.82 Å². The normalized spacial score (nSPS) is 13.8. The van der Waals surface area contributed by atoms with Gasteiger partial charge in [0.2, 0.25) is 0 Å². The van der Waals surface area contributed by atoms with Gasteiger partial charge in [0.1, 0.15) is 17.2 Å². The third-order valence-electron chi connectivity index (χ3n) is 8.48. The van der Waals surface area contributed by atoms with Gasteiger partial charge in [-0.3, -0.25) is 0 Å². The van der Waals surface area contributed by atoms with E-state index in [1.807, 2.05) is 72.8 Å². The molecule has 0 spiro atoms. The zero-order valence-electron chi connectivity index (χ0n) is 32.1. The summed E-state index contributed by atoms with van der Waals surface area (Å²) < 4.78 is 32.8. The predicted octanol–water partition coefficient (Wildman–Crippen LogP) is 13.5. The summed E-state index contributed by atoms with van der Waals surface area (Å²) in [5.41, 5.74) is 4.05. The molecule has 3 rings (SSSR count). The zero-order valence-corrected chi connectivity index (χ0v) is 33.0. The average molecular weight is 663 g/mol.